The summed E-state index contributed by atoms with van der Waals surface area (Å²) in [4.78, 5) is 4.39. The molecule has 0 aliphatic heterocycles. The van der Waals surface area contributed by atoms with E-state index in [-0.39, 0.29) is 0 Å². The van der Waals surface area contributed by atoms with E-state index in [0.29, 0.717) is 6.04 Å². The Morgan fingerprint density at radius 1 is 1.35 bits per heavy atom. The van der Waals surface area contributed by atoms with Crippen LogP contribution in [0.1, 0.15) is 59.4 Å². The van der Waals surface area contributed by atoms with Gasteiger partial charge in [-0.25, -0.2) is 4.98 Å². The van der Waals surface area contributed by atoms with Gasteiger partial charge in [-0.3, -0.25) is 0 Å². The van der Waals surface area contributed by atoms with Crippen molar-refractivity contribution in [3.63, 3.8) is 0 Å². The Balaban J connectivity index is 2.54. The van der Waals surface area contributed by atoms with Gasteiger partial charge in [0.1, 0.15) is 0 Å². The lowest BCUT2D eigenvalue weighted by atomic mass is 10.0. The minimum atomic E-state index is 0.525. The first-order valence-electron chi connectivity index (χ1n) is 6.95. The van der Waals surface area contributed by atoms with E-state index >= 15 is 0 Å². The fraction of sp³-hybridized carbons (Fsp3) is 0.786. The molecule has 17 heavy (non-hydrogen) atoms. The van der Waals surface area contributed by atoms with Gasteiger partial charge in [-0.15, -0.1) is 0 Å². The van der Waals surface area contributed by atoms with Crippen LogP contribution in [-0.2, 0) is 0 Å². The minimum absolute atomic E-state index is 0.525. The Bertz CT molecular complexity index is 306. The predicted molar refractivity (Wildman–Crippen MR) is 74.4 cm³/mol. The second kappa shape index (κ2) is 7.36. The Morgan fingerprint density at radius 2 is 2.12 bits per heavy atom. The van der Waals surface area contributed by atoms with E-state index in [1.165, 1.54) is 25.7 Å². The summed E-state index contributed by atoms with van der Waals surface area (Å²) < 4.78 is 2.27. The van der Waals surface area contributed by atoms with Gasteiger partial charge >= 0.3 is 0 Å². The third kappa shape index (κ3) is 4.41. The molecule has 0 spiro atoms. The molecular weight excluding hydrogens is 210 g/mol. The molecule has 2 unspecified atom stereocenters. The van der Waals surface area contributed by atoms with Crippen LogP contribution in [0.4, 0.5) is 5.95 Å². The van der Waals surface area contributed by atoms with E-state index in [4.69, 9.17) is 0 Å². The fourth-order valence-corrected chi connectivity index (χ4v) is 2.05. The second-order valence-electron chi connectivity index (χ2n) is 5.04. The van der Waals surface area contributed by atoms with Crippen LogP contribution in [0, 0.1) is 5.92 Å². The molecule has 1 N–H and O–H groups in total. The van der Waals surface area contributed by atoms with Gasteiger partial charge in [-0.1, -0.05) is 33.6 Å². The van der Waals surface area contributed by atoms with Crippen LogP contribution in [0.3, 0.4) is 0 Å². The third-order valence-electron chi connectivity index (χ3n) is 3.40. The fourth-order valence-electron chi connectivity index (χ4n) is 2.05. The van der Waals surface area contributed by atoms with Crippen molar-refractivity contribution in [2.75, 3.05) is 11.9 Å². The zero-order valence-electron chi connectivity index (χ0n) is 11.7. The average molecular weight is 237 g/mol. The molecule has 0 saturated heterocycles. The molecule has 0 bridgehead atoms. The molecule has 0 saturated carbocycles. The van der Waals surface area contributed by atoms with E-state index in [2.05, 4.69) is 48.8 Å². The van der Waals surface area contributed by atoms with E-state index in [1.807, 2.05) is 6.20 Å². The standard InChI is InChI=1S/C14H27N3/c1-5-7-8-15-14-16-9-10-17(14)13(4)11-12(3)6-2/h9-10,12-13H,5-8,11H2,1-4H3,(H,15,16). The molecule has 2 atom stereocenters. The minimum Gasteiger partial charge on any atom is -0.356 e. The summed E-state index contributed by atoms with van der Waals surface area (Å²) in [5, 5.41) is 3.42. The molecule has 0 fully saturated rings. The number of unbranched alkanes of at least 4 members (excludes halogenated alkanes) is 1. The van der Waals surface area contributed by atoms with Crippen molar-refractivity contribution in [3.8, 4) is 0 Å². The maximum absolute atomic E-state index is 4.39. The SMILES string of the molecule is CCCCNc1nccn1C(C)CC(C)CC. The highest BCUT2D eigenvalue weighted by atomic mass is 15.2. The largest absolute Gasteiger partial charge is 0.356 e. The zero-order chi connectivity index (χ0) is 12.7. The molecule has 1 aromatic heterocycles. The highest BCUT2D eigenvalue weighted by molar-refractivity contribution is 5.26. The van der Waals surface area contributed by atoms with E-state index in [0.717, 1.165) is 18.4 Å². The van der Waals surface area contributed by atoms with Gasteiger partial charge in [-0.05, 0) is 25.7 Å². The number of hydrogen-bond acceptors (Lipinski definition) is 2. The summed E-state index contributed by atoms with van der Waals surface area (Å²) in [6.07, 6.45) is 8.86. The Kier molecular flexibility index (Phi) is 6.09. The lowest BCUT2D eigenvalue weighted by molar-refractivity contribution is 0.400. The average Bonchev–Trinajstić information content (AvgIpc) is 2.77. The van der Waals surface area contributed by atoms with Crippen LogP contribution >= 0.6 is 0 Å². The van der Waals surface area contributed by atoms with Crippen molar-refractivity contribution in [2.45, 2.75) is 59.4 Å². The number of nitrogens with one attached hydrogen (secondary N) is 1. The quantitative estimate of drug-likeness (QED) is 0.690. The van der Waals surface area contributed by atoms with E-state index < -0.39 is 0 Å². The molecule has 0 aliphatic carbocycles. The van der Waals surface area contributed by atoms with Gasteiger partial charge in [0, 0.05) is 25.0 Å². The first-order chi connectivity index (χ1) is 8.19. The molecule has 1 aromatic rings. The Hall–Kier alpha value is -0.990. The van der Waals surface area contributed by atoms with Crippen LogP contribution in [0.25, 0.3) is 0 Å². The summed E-state index contributed by atoms with van der Waals surface area (Å²) in [7, 11) is 0. The lowest BCUT2D eigenvalue weighted by Gasteiger charge is -2.20. The van der Waals surface area contributed by atoms with Gasteiger partial charge in [0.15, 0.2) is 0 Å². The second-order valence-corrected chi connectivity index (χ2v) is 5.04. The molecular formula is C14H27N3. The highest BCUT2D eigenvalue weighted by Gasteiger charge is 2.12. The van der Waals surface area contributed by atoms with Crippen molar-refractivity contribution in [3.05, 3.63) is 12.4 Å². The van der Waals surface area contributed by atoms with Crippen LogP contribution in [0.5, 0.6) is 0 Å². The summed E-state index contributed by atoms with van der Waals surface area (Å²) in [6, 6.07) is 0.525. The van der Waals surface area contributed by atoms with Gasteiger partial charge in [0.25, 0.3) is 0 Å². The summed E-state index contributed by atoms with van der Waals surface area (Å²) >= 11 is 0. The van der Waals surface area contributed by atoms with Crippen molar-refractivity contribution < 1.29 is 0 Å². The molecule has 0 aromatic carbocycles. The molecule has 0 amide bonds. The first kappa shape index (κ1) is 14.1. The van der Waals surface area contributed by atoms with E-state index in [1.54, 1.807) is 0 Å². The number of rotatable bonds is 8. The first-order valence-corrected chi connectivity index (χ1v) is 6.95. The smallest absolute Gasteiger partial charge is 0.203 e. The normalized spacial score (nSPS) is 14.6. The number of aromatic nitrogens is 2. The molecule has 1 heterocycles. The molecule has 1 rings (SSSR count). The lowest BCUT2D eigenvalue weighted by Crippen LogP contribution is -2.13. The number of anilines is 1. The molecule has 0 aliphatic rings. The van der Waals surface area contributed by atoms with Gasteiger partial charge in [0.05, 0.1) is 0 Å². The maximum atomic E-state index is 4.39. The topological polar surface area (TPSA) is 29.9 Å². The van der Waals surface area contributed by atoms with Crippen molar-refractivity contribution in [1.29, 1.82) is 0 Å². The van der Waals surface area contributed by atoms with Crippen molar-refractivity contribution in [1.82, 2.24) is 9.55 Å². The maximum Gasteiger partial charge on any atom is 0.203 e. The van der Waals surface area contributed by atoms with Crippen LogP contribution in [-0.4, -0.2) is 16.1 Å². The number of nitrogens with zero attached hydrogens (tertiary/aromatic N) is 2. The Morgan fingerprint density at radius 3 is 2.76 bits per heavy atom. The molecule has 0 radical (unpaired) electrons. The molecule has 3 heteroatoms. The molecule has 98 valence electrons. The summed E-state index contributed by atoms with van der Waals surface area (Å²) in [6.45, 7) is 10.1. The zero-order valence-corrected chi connectivity index (χ0v) is 11.7. The van der Waals surface area contributed by atoms with Crippen molar-refractivity contribution >= 4 is 5.95 Å². The van der Waals surface area contributed by atoms with Crippen LogP contribution < -0.4 is 5.32 Å². The monoisotopic (exact) mass is 237 g/mol. The Labute approximate surface area is 106 Å². The predicted octanol–water partition coefficient (Wildman–Crippen LogP) is 4.09. The van der Waals surface area contributed by atoms with Crippen LogP contribution in [0.15, 0.2) is 12.4 Å². The van der Waals surface area contributed by atoms with Gasteiger partial charge in [0.2, 0.25) is 5.95 Å². The molecule has 3 nitrogen and oxygen atoms in total. The van der Waals surface area contributed by atoms with Crippen molar-refractivity contribution in [2.24, 2.45) is 5.92 Å². The summed E-state index contributed by atoms with van der Waals surface area (Å²) in [5.74, 6) is 1.80. The highest BCUT2D eigenvalue weighted by Crippen LogP contribution is 2.22. The van der Waals surface area contributed by atoms with E-state index in [9.17, 15) is 0 Å². The van der Waals surface area contributed by atoms with Gasteiger partial charge < -0.3 is 9.88 Å². The van der Waals surface area contributed by atoms with Gasteiger partial charge in [-0.2, -0.15) is 0 Å². The number of hydrogen-bond donors (Lipinski definition) is 1. The third-order valence-corrected chi connectivity index (χ3v) is 3.40. The number of imidazole rings is 1. The van der Waals surface area contributed by atoms with Crippen LogP contribution in [0.2, 0.25) is 0 Å². The summed E-state index contributed by atoms with van der Waals surface area (Å²) in [5.41, 5.74) is 0.